The maximum atomic E-state index is 12.1. The zero-order valence-electron chi connectivity index (χ0n) is 12.6. The number of ketones is 1. The average Bonchev–Trinajstić information content (AvgIpc) is 2.53. The van der Waals surface area contributed by atoms with Crippen LogP contribution in [0.2, 0.25) is 0 Å². The lowest BCUT2D eigenvalue weighted by molar-refractivity contribution is 0.101. The molecular formula is C16H18N4O2. The minimum absolute atomic E-state index is 0.0502. The Balaban J connectivity index is 2.05. The fourth-order valence-corrected chi connectivity index (χ4v) is 1.79. The molecule has 1 aromatic carbocycles. The van der Waals surface area contributed by atoms with Crippen molar-refractivity contribution in [3.8, 4) is 0 Å². The first-order valence-electron chi connectivity index (χ1n) is 7.08. The molecule has 6 nitrogen and oxygen atoms in total. The summed E-state index contributed by atoms with van der Waals surface area (Å²) in [5.74, 6) is 0.130. The number of Topliss-reactive ketones (excluding diaryl/α,β-unsaturated/α-hetero) is 1. The van der Waals surface area contributed by atoms with Gasteiger partial charge in [0.15, 0.2) is 5.78 Å². The van der Waals surface area contributed by atoms with Crippen LogP contribution in [0.5, 0.6) is 0 Å². The monoisotopic (exact) mass is 298 g/mol. The van der Waals surface area contributed by atoms with Gasteiger partial charge in [-0.2, -0.15) is 0 Å². The third-order valence-electron chi connectivity index (χ3n) is 2.97. The number of nitrogens with one attached hydrogen (secondary N) is 2. The van der Waals surface area contributed by atoms with E-state index in [1.807, 2.05) is 6.92 Å². The minimum atomic E-state index is -0.317. The number of amides is 1. The molecule has 114 valence electrons. The summed E-state index contributed by atoms with van der Waals surface area (Å²) in [5.41, 5.74) is 1.47. The highest BCUT2D eigenvalue weighted by molar-refractivity contribution is 6.04. The lowest BCUT2D eigenvalue weighted by Crippen LogP contribution is -2.14. The Labute approximate surface area is 129 Å². The minimum Gasteiger partial charge on any atom is -0.354 e. The van der Waals surface area contributed by atoms with Crippen LogP contribution in [0.1, 0.15) is 41.0 Å². The highest BCUT2D eigenvalue weighted by Gasteiger charge is 2.08. The molecule has 0 fully saturated rings. The number of aromatic nitrogens is 2. The Morgan fingerprint density at radius 1 is 1.14 bits per heavy atom. The summed E-state index contributed by atoms with van der Waals surface area (Å²) in [7, 11) is 0. The average molecular weight is 298 g/mol. The van der Waals surface area contributed by atoms with Crippen LogP contribution in [0, 0.1) is 0 Å². The molecule has 6 heteroatoms. The van der Waals surface area contributed by atoms with Crippen molar-refractivity contribution in [2.24, 2.45) is 0 Å². The molecule has 2 aromatic rings. The van der Waals surface area contributed by atoms with Crippen molar-refractivity contribution in [1.82, 2.24) is 9.97 Å². The van der Waals surface area contributed by atoms with Gasteiger partial charge in [0.25, 0.3) is 5.91 Å². The Bertz CT molecular complexity index is 668. The second kappa shape index (κ2) is 7.31. The molecule has 1 aromatic heterocycles. The fraction of sp³-hybridized carbons (Fsp3) is 0.250. The molecule has 2 N–H and O–H groups in total. The third kappa shape index (κ3) is 4.12. The van der Waals surface area contributed by atoms with Crippen molar-refractivity contribution in [2.75, 3.05) is 17.2 Å². The van der Waals surface area contributed by atoms with Crippen LogP contribution in [-0.4, -0.2) is 28.2 Å². The van der Waals surface area contributed by atoms with Gasteiger partial charge in [0.1, 0.15) is 0 Å². The van der Waals surface area contributed by atoms with Gasteiger partial charge in [-0.25, -0.2) is 9.97 Å². The summed E-state index contributed by atoms with van der Waals surface area (Å²) in [6.07, 6.45) is 3.91. The zero-order valence-corrected chi connectivity index (χ0v) is 12.6. The van der Waals surface area contributed by atoms with Crippen molar-refractivity contribution in [3.05, 3.63) is 47.8 Å². The van der Waals surface area contributed by atoms with Crippen LogP contribution in [0.25, 0.3) is 0 Å². The predicted molar refractivity (Wildman–Crippen MR) is 85.2 cm³/mol. The van der Waals surface area contributed by atoms with Gasteiger partial charge in [-0.1, -0.05) is 19.1 Å². The summed E-state index contributed by atoms with van der Waals surface area (Å²) in [5, 5.41) is 5.76. The van der Waals surface area contributed by atoms with Gasteiger partial charge in [0, 0.05) is 30.2 Å². The van der Waals surface area contributed by atoms with Gasteiger partial charge in [0.2, 0.25) is 5.95 Å². The number of nitrogens with zero attached hydrogens (tertiary/aromatic N) is 2. The number of benzene rings is 1. The quantitative estimate of drug-likeness (QED) is 0.801. The van der Waals surface area contributed by atoms with E-state index in [0.717, 1.165) is 13.0 Å². The number of hydrogen-bond donors (Lipinski definition) is 2. The maximum absolute atomic E-state index is 12.1. The highest BCUT2D eigenvalue weighted by atomic mass is 16.1. The second-order valence-electron chi connectivity index (χ2n) is 4.81. The standard InChI is InChI=1S/C16H18N4O2/c1-3-7-17-16-18-9-13(10-19-16)15(22)20-14-6-4-5-12(8-14)11(2)21/h4-6,8-10H,3,7H2,1-2H3,(H,20,22)(H,17,18,19). The molecule has 1 heterocycles. The van der Waals surface area contributed by atoms with Crippen LogP contribution >= 0.6 is 0 Å². The predicted octanol–water partition coefficient (Wildman–Crippen LogP) is 2.75. The van der Waals surface area contributed by atoms with E-state index in [2.05, 4.69) is 20.6 Å². The fourth-order valence-electron chi connectivity index (χ4n) is 1.79. The van der Waals surface area contributed by atoms with E-state index in [1.54, 1.807) is 24.3 Å². The van der Waals surface area contributed by atoms with E-state index in [-0.39, 0.29) is 11.7 Å². The third-order valence-corrected chi connectivity index (χ3v) is 2.97. The van der Waals surface area contributed by atoms with Crippen LogP contribution in [0.3, 0.4) is 0 Å². The number of hydrogen-bond acceptors (Lipinski definition) is 5. The molecule has 0 unspecified atom stereocenters. The molecular weight excluding hydrogens is 280 g/mol. The summed E-state index contributed by atoms with van der Waals surface area (Å²) >= 11 is 0. The number of carbonyl (C=O) groups is 2. The molecule has 2 rings (SSSR count). The highest BCUT2D eigenvalue weighted by Crippen LogP contribution is 2.12. The van der Waals surface area contributed by atoms with E-state index in [9.17, 15) is 9.59 Å². The molecule has 1 amide bonds. The zero-order chi connectivity index (χ0) is 15.9. The normalized spacial score (nSPS) is 10.1. The summed E-state index contributed by atoms with van der Waals surface area (Å²) in [6.45, 7) is 4.31. The van der Waals surface area contributed by atoms with Crippen molar-refractivity contribution < 1.29 is 9.59 Å². The molecule has 0 atom stereocenters. The molecule has 0 spiro atoms. The second-order valence-corrected chi connectivity index (χ2v) is 4.81. The van der Waals surface area contributed by atoms with Gasteiger partial charge >= 0.3 is 0 Å². The van der Waals surface area contributed by atoms with Crippen molar-refractivity contribution in [3.63, 3.8) is 0 Å². The van der Waals surface area contributed by atoms with Crippen molar-refractivity contribution in [2.45, 2.75) is 20.3 Å². The molecule has 0 bridgehead atoms. The summed E-state index contributed by atoms with van der Waals surface area (Å²) in [4.78, 5) is 31.6. The van der Waals surface area contributed by atoms with Gasteiger partial charge in [-0.05, 0) is 25.5 Å². The van der Waals surface area contributed by atoms with Gasteiger partial charge < -0.3 is 10.6 Å². The molecule has 22 heavy (non-hydrogen) atoms. The first-order chi connectivity index (χ1) is 10.6. The molecule has 0 aliphatic rings. The Morgan fingerprint density at radius 3 is 2.50 bits per heavy atom. The van der Waals surface area contributed by atoms with Crippen molar-refractivity contribution >= 4 is 23.3 Å². The van der Waals surface area contributed by atoms with Gasteiger partial charge in [0.05, 0.1) is 5.56 Å². The first-order valence-corrected chi connectivity index (χ1v) is 7.08. The number of carbonyl (C=O) groups excluding carboxylic acids is 2. The molecule has 0 radical (unpaired) electrons. The summed E-state index contributed by atoms with van der Waals surface area (Å²) in [6, 6.07) is 6.79. The summed E-state index contributed by atoms with van der Waals surface area (Å²) < 4.78 is 0. The largest absolute Gasteiger partial charge is 0.354 e. The van der Waals surface area contributed by atoms with Gasteiger partial charge in [-0.3, -0.25) is 9.59 Å². The molecule has 0 aliphatic carbocycles. The van der Waals surface area contributed by atoms with Crippen LogP contribution in [-0.2, 0) is 0 Å². The first kappa shape index (κ1) is 15.6. The van der Waals surface area contributed by atoms with Crippen LogP contribution in [0.4, 0.5) is 11.6 Å². The lowest BCUT2D eigenvalue weighted by Gasteiger charge is -2.07. The molecule has 0 saturated heterocycles. The Kier molecular flexibility index (Phi) is 5.19. The van der Waals surface area contributed by atoms with E-state index in [0.29, 0.717) is 22.8 Å². The van der Waals surface area contributed by atoms with Crippen LogP contribution < -0.4 is 10.6 Å². The van der Waals surface area contributed by atoms with Crippen molar-refractivity contribution in [1.29, 1.82) is 0 Å². The topological polar surface area (TPSA) is 84.0 Å². The van der Waals surface area contributed by atoms with E-state index < -0.39 is 0 Å². The molecule has 0 saturated carbocycles. The lowest BCUT2D eigenvalue weighted by atomic mass is 10.1. The van der Waals surface area contributed by atoms with E-state index in [1.165, 1.54) is 19.3 Å². The van der Waals surface area contributed by atoms with Gasteiger partial charge in [-0.15, -0.1) is 0 Å². The maximum Gasteiger partial charge on any atom is 0.258 e. The number of rotatable bonds is 6. The smallest absolute Gasteiger partial charge is 0.258 e. The van der Waals surface area contributed by atoms with E-state index >= 15 is 0 Å². The van der Waals surface area contributed by atoms with E-state index in [4.69, 9.17) is 0 Å². The number of anilines is 2. The molecule has 0 aliphatic heterocycles. The SMILES string of the molecule is CCCNc1ncc(C(=O)Nc2cccc(C(C)=O)c2)cn1. The Hall–Kier alpha value is -2.76. The Morgan fingerprint density at radius 2 is 1.86 bits per heavy atom. The van der Waals surface area contributed by atoms with Crippen LogP contribution in [0.15, 0.2) is 36.7 Å².